The molecule has 3 aliphatic rings. The van der Waals surface area contributed by atoms with Gasteiger partial charge in [0.05, 0.1) is 17.9 Å². The van der Waals surface area contributed by atoms with Crippen LogP contribution in [0.1, 0.15) is 45.2 Å². The Hall–Kier alpha value is -1.51. The molecular formula is C20H30N4O3S. The van der Waals surface area contributed by atoms with Gasteiger partial charge in [0.15, 0.2) is 5.13 Å². The van der Waals surface area contributed by atoms with E-state index in [4.69, 9.17) is 4.74 Å². The molecule has 2 aliphatic heterocycles. The molecule has 0 bridgehead atoms. The van der Waals surface area contributed by atoms with Crippen molar-refractivity contribution in [2.45, 2.75) is 58.3 Å². The Morgan fingerprint density at radius 2 is 1.82 bits per heavy atom. The maximum atomic E-state index is 12.6. The van der Waals surface area contributed by atoms with Crippen molar-refractivity contribution in [1.82, 2.24) is 14.8 Å². The van der Waals surface area contributed by atoms with Crippen LogP contribution in [0.2, 0.25) is 0 Å². The number of hydrogen-bond donors (Lipinski definition) is 1. The van der Waals surface area contributed by atoms with Crippen LogP contribution in [0.4, 0.5) is 5.13 Å². The summed E-state index contributed by atoms with van der Waals surface area (Å²) in [5, 5.41) is 5.69. The van der Waals surface area contributed by atoms with E-state index in [0.717, 1.165) is 51.0 Å². The molecule has 1 saturated carbocycles. The first-order chi connectivity index (χ1) is 13.5. The number of rotatable bonds is 5. The Bertz CT molecular complexity index is 702. The van der Waals surface area contributed by atoms with Crippen LogP contribution in [0, 0.1) is 11.8 Å². The summed E-state index contributed by atoms with van der Waals surface area (Å²) in [6, 6.07) is 0. The number of carbonyl (C=O) groups excluding carboxylic acids is 2. The highest BCUT2D eigenvalue weighted by Gasteiger charge is 2.36. The molecule has 4 rings (SSSR count). The van der Waals surface area contributed by atoms with E-state index in [-0.39, 0.29) is 35.9 Å². The number of ether oxygens (including phenoxy) is 1. The molecule has 0 radical (unpaired) electrons. The predicted molar refractivity (Wildman–Crippen MR) is 108 cm³/mol. The topological polar surface area (TPSA) is 74.8 Å². The summed E-state index contributed by atoms with van der Waals surface area (Å²) in [5.74, 6) is 0.552. The molecule has 0 spiro atoms. The van der Waals surface area contributed by atoms with Gasteiger partial charge in [0.1, 0.15) is 0 Å². The molecule has 2 amide bonds. The van der Waals surface area contributed by atoms with E-state index in [1.165, 1.54) is 11.3 Å². The number of nitrogens with one attached hydrogen (secondary N) is 1. The van der Waals surface area contributed by atoms with Gasteiger partial charge in [0.25, 0.3) is 0 Å². The molecule has 2 unspecified atom stereocenters. The van der Waals surface area contributed by atoms with E-state index in [9.17, 15) is 9.59 Å². The zero-order valence-corrected chi connectivity index (χ0v) is 17.5. The monoisotopic (exact) mass is 406 g/mol. The molecule has 1 N–H and O–H groups in total. The summed E-state index contributed by atoms with van der Waals surface area (Å²) in [6.45, 7) is 8.18. The Labute approximate surface area is 170 Å². The number of nitrogens with zero attached hydrogens (tertiary/aromatic N) is 3. The van der Waals surface area contributed by atoms with Gasteiger partial charge in [-0.25, -0.2) is 4.98 Å². The van der Waals surface area contributed by atoms with Gasteiger partial charge in [-0.3, -0.25) is 14.5 Å². The molecule has 8 heteroatoms. The Balaban J connectivity index is 1.24. The number of likely N-dealkylation sites (tertiary alicyclic amines) is 1. The van der Waals surface area contributed by atoms with Crippen molar-refractivity contribution in [3.63, 3.8) is 0 Å². The first-order valence-electron chi connectivity index (χ1n) is 10.4. The molecular weight excluding hydrogens is 376 g/mol. The van der Waals surface area contributed by atoms with Gasteiger partial charge >= 0.3 is 0 Å². The summed E-state index contributed by atoms with van der Waals surface area (Å²) in [5.41, 5.74) is 0.992. The third-order valence-electron chi connectivity index (χ3n) is 5.77. The maximum Gasteiger partial charge on any atom is 0.229 e. The quantitative estimate of drug-likeness (QED) is 0.812. The van der Waals surface area contributed by atoms with Crippen molar-refractivity contribution in [2.24, 2.45) is 11.8 Å². The van der Waals surface area contributed by atoms with E-state index in [1.807, 2.05) is 10.3 Å². The number of aromatic nitrogens is 1. The predicted octanol–water partition coefficient (Wildman–Crippen LogP) is 2.34. The van der Waals surface area contributed by atoms with Crippen molar-refractivity contribution in [1.29, 1.82) is 0 Å². The second kappa shape index (κ2) is 8.47. The maximum absolute atomic E-state index is 12.6. The molecule has 154 valence electrons. The second-order valence-corrected chi connectivity index (χ2v) is 9.32. The first-order valence-corrected chi connectivity index (χ1v) is 11.3. The van der Waals surface area contributed by atoms with Crippen LogP contribution < -0.4 is 5.32 Å². The van der Waals surface area contributed by atoms with Crippen molar-refractivity contribution in [2.75, 3.05) is 31.5 Å². The van der Waals surface area contributed by atoms with Gasteiger partial charge < -0.3 is 15.0 Å². The number of carbonyl (C=O) groups is 2. The number of thiazole rings is 1. The largest absolute Gasteiger partial charge is 0.373 e. The summed E-state index contributed by atoms with van der Waals surface area (Å²) < 4.78 is 5.78. The smallest absolute Gasteiger partial charge is 0.229 e. The zero-order valence-electron chi connectivity index (χ0n) is 16.7. The Morgan fingerprint density at radius 3 is 2.46 bits per heavy atom. The van der Waals surface area contributed by atoms with E-state index in [2.05, 4.69) is 29.0 Å². The lowest BCUT2D eigenvalue weighted by Gasteiger charge is -2.34. The summed E-state index contributed by atoms with van der Waals surface area (Å²) in [7, 11) is 0. The third kappa shape index (κ3) is 4.90. The van der Waals surface area contributed by atoms with Crippen LogP contribution in [0.15, 0.2) is 5.38 Å². The summed E-state index contributed by atoms with van der Waals surface area (Å²) in [4.78, 5) is 33.6. The minimum absolute atomic E-state index is 0.0310. The average molecular weight is 407 g/mol. The Kier molecular flexibility index (Phi) is 5.99. The van der Waals surface area contributed by atoms with Crippen LogP contribution in [-0.2, 0) is 20.9 Å². The van der Waals surface area contributed by atoms with Crippen LogP contribution in [0.25, 0.3) is 0 Å². The molecule has 3 fully saturated rings. The number of piperidine rings is 1. The first kappa shape index (κ1) is 19.8. The number of amides is 2. The van der Waals surface area contributed by atoms with Gasteiger partial charge in [-0.2, -0.15) is 0 Å². The molecule has 1 aromatic heterocycles. The van der Waals surface area contributed by atoms with Gasteiger partial charge in [0, 0.05) is 49.9 Å². The molecule has 28 heavy (non-hydrogen) atoms. The minimum atomic E-state index is -0.0310. The second-order valence-electron chi connectivity index (χ2n) is 8.46. The molecule has 1 aromatic rings. The van der Waals surface area contributed by atoms with Crippen LogP contribution in [-0.4, -0.2) is 65.0 Å². The highest BCUT2D eigenvalue weighted by molar-refractivity contribution is 7.13. The van der Waals surface area contributed by atoms with E-state index in [0.29, 0.717) is 18.2 Å². The lowest BCUT2D eigenvalue weighted by molar-refractivity contribution is -0.135. The molecule has 2 saturated heterocycles. The van der Waals surface area contributed by atoms with E-state index in [1.54, 1.807) is 0 Å². The standard InChI is InChI=1S/C20H30N4O3S/c1-13-9-23(10-14(2)27-13)11-17-12-28-20(21-17)22-18(25)15-5-7-24(8-6-15)19(26)16-3-4-16/h12-16H,3-11H2,1-2H3,(H,21,22,25). The Morgan fingerprint density at radius 1 is 1.14 bits per heavy atom. The fourth-order valence-corrected chi connectivity index (χ4v) is 4.94. The third-order valence-corrected chi connectivity index (χ3v) is 6.57. The molecule has 7 nitrogen and oxygen atoms in total. The SMILES string of the molecule is CC1CN(Cc2csc(NC(=O)C3CCN(C(=O)C4CC4)CC3)n2)CC(C)O1. The van der Waals surface area contributed by atoms with E-state index >= 15 is 0 Å². The van der Waals surface area contributed by atoms with Crippen molar-refractivity contribution < 1.29 is 14.3 Å². The fourth-order valence-electron chi connectivity index (χ4n) is 4.24. The number of anilines is 1. The minimum Gasteiger partial charge on any atom is -0.373 e. The van der Waals surface area contributed by atoms with Crippen LogP contribution in [0.5, 0.6) is 0 Å². The zero-order chi connectivity index (χ0) is 19.7. The van der Waals surface area contributed by atoms with Gasteiger partial charge in [-0.05, 0) is 39.5 Å². The normalized spacial score (nSPS) is 27.0. The van der Waals surface area contributed by atoms with Gasteiger partial charge in [0.2, 0.25) is 11.8 Å². The van der Waals surface area contributed by atoms with Crippen molar-refractivity contribution >= 4 is 28.3 Å². The van der Waals surface area contributed by atoms with Gasteiger partial charge in [-0.15, -0.1) is 11.3 Å². The summed E-state index contributed by atoms with van der Waals surface area (Å²) >= 11 is 1.48. The highest BCUT2D eigenvalue weighted by Crippen LogP contribution is 2.32. The highest BCUT2D eigenvalue weighted by atomic mass is 32.1. The molecule has 1 aliphatic carbocycles. The lowest BCUT2D eigenvalue weighted by Crippen LogP contribution is -2.44. The van der Waals surface area contributed by atoms with Crippen molar-refractivity contribution in [3.8, 4) is 0 Å². The number of hydrogen-bond acceptors (Lipinski definition) is 6. The lowest BCUT2D eigenvalue weighted by atomic mass is 9.95. The summed E-state index contributed by atoms with van der Waals surface area (Å²) in [6.07, 6.45) is 4.03. The van der Waals surface area contributed by atoms with Crippen LogP contribution >= 0.6 is 11.3 Å². The van der Waals surface area contributed by atoms with Crippen molar-refractivity contribution in [3.05, 3.63) is 11.1 Å². The average Bonchev–Trinajstić information content (AvgIpc) is 3.42. The molecule has 2 atom stereocenters. The van der Waals surface area contributed by atoms with Gasteiger partial charge in [-0.1, -0.05) is 0 Å². The molecule has 0 aromatic carbocycles. The van der Waals surface area contributed by atoms with E-state index < -0.39 is 0 Å². The fraction of sp³-hybridized carbons (Fsp3) is 0.750. The molecule has 3 heterocycles. The number of morpholine rings is 1. The van der Waals surface area contributed by atoms with Crippen LogP contribution in [0.3, 0.4) is 0 Å².